The minimum absolute atomic E-state index is 0.0315. The number of piperidine rings is 1. The first-order chi connectivity index (χ1) is 12.8. The van der Waals surface area contributed by atoms with Gasteiger partial charge in [0.15, 0.2) is 0 Å². The van der Waals surface area contributed by atoms with Crippen molar-refractivity contribution in [2.24, 2.45) is 0 Å². The van der Waals surface area contributed by atoms with Gasteiger partial charge in [-0.25, -0.2) is 4.98 Å². The van der Waals surface area contributed by atoms with Crippen LogP contribution < -0.4 is 10.6 Å². The number of rotatable bonds is 5. The molecular weight excluding hydrogens is 324 g/mol. The van der Waals surface area contributed by atoms with Gasteiger partial charge < -0.3 is 15.2 Å². The fourth-order valence-electron chi connectivity index (χ4n) is 3.50. The highest BCUT2D eigenvalue weighted by Gasteiger charge is 2.16. The summed E-state index contributed by atoms with van der Waals surface area (Å²) in [5.41, 5.74) is 4.14. The predicted molar refractivity (Wildman–Crippen MR) is 103 cm³/mol. The lowest BCUT2D eigenvalue weighted by Crippen LogP contribution is -2.42. The number of amides is 1. The average Bonchev–Trinajstić information content (AvgIpc) is 3.11. The molecule has 1 fully saturated rings. The van der Waals surface area contributed by atoms with E-state index < -0.39 is 0 Å². The number of imidazole rings is 1. The van der Waals surface area contributed by atoms with Crippen LogP contribution in [0.2, 0.25) is 0 Å². The Bertz CT molecular complexity index is 878. The molecule has 26 heavy (non-hydrogen) atoms. The molecule has 3 aromatic rings. The van der Waals surface area contributed by atoms with Crippen molar-refractivity contribution in [1.29, 1.82) is 0 Å². The second-order valence-corrected chi connectivity index (χ2v) is 6.87. The summed E-state index contributed by atoms with van der Waals surface area (Å²) < 4.78 is 2.17. The SMILES string of the molecule is O=C(NC1CCNCC1)c1ccc(CCn2cnc3ccccc32)cc1. The van der Waals surface area contributed by atoms with E-state index >= 15 is 0 Å². The van der Waals surface area contributed by atoms with E-state index in [1.54, 1.807) is 0 Å². The molecule has 5 nitrogen and oxygen atoms in total. The topological polar surface area (TPSA) is 59.0 Å². The minimum atomic E-state index is 0.0315. The predicted octanol–water partition coefficient (Wildman–Crippen LogP) is 2.76. The molecule has 2 aromatic carbocycles. The molecule has 0 atom stereocenters. The number of benzene rings is 2. The maximum Gasteiger partial charge on any atom is 0.251 e. The van der Waals surface area contributed by atoms with Crippen LogP contribution in [0.25, 0.3) is 11.0 Å². The van der Waals surface area contributed by atoms with Crippen molar-refractivity contribution in [1.82, 2.24) is 20.2 Å². The summed E-state index contributed by atoms with van der Waals surface area (Å²) in [6.07, 6.45) is 4.81. The smallest absolute Gasteiger partial charge is 0.251 e. The molecule has 1 saturated heterocycles. The van der Waals surface area contributed by atoms with Crippen LogP contribution in [0.15, 0.2) is 54.9 Å². The quantitative estimate of drug-likeness (QED) is 0.745. The summed E-state index contributed by atoms with van der Waals surface area (Å²) in [5.74, 6) is 0.0315. The number of nitrogens with one attached hydrogen (secondary N) is 2. The number of aryl methyl sites for hydroxylation is 2. The molecule has 1 aliphatic rings. The van der Waals surface area contributed by atoms with Gasteiger partial charge in [-0.2, -0.15) is 0 Å². The Hall–Kier alpha value is -2.66. The van der Waals surface area contributed by atoms with Gasteiger partial charge in [-0.15, -0.1) is 0 Å². The zero-order valence-electron chi connectivity index (χ0n) is 14.8. The highest BCUT2D eigenvalue weighted by atomic mass is 16.1. The van der Waals surface area contributed by atoms with Gasteiger partial charge in [0.2, 0.25) is 0 Å². The number of fused-ring (bicyclic) bond motifs is 1. The van der Waals surface area contributed by atoms with E-state index in [1.807, 2.05) is 36.7 Å². The zero-order chi connectivity index (χ0) is 17.8. The van der Waals surface area contributed by atoms with Crippen LogP contribution in [0.4, 0.5) is 0 Å². The molecular formula is C21H24N4O. The van der Waals surface area contributed by atoms with Gasteiger partial charge in [0.1, 0.15) is 0 Å². The number of hydrogen-bond acceptors (Lipinski definition) is 3. The third kappa shape index (κ3) is 3.78. The molecule has 0 unspecified atom stereocenters. The Morgan fingerprint density at radius 3 is 2.69 bits per heavy atom. The summed E-state index contributed by atoms with van der Waals surface area (Å²) in [4.78, 5) is 16.8. The first-order valence-corrected chi connectivity index (χ1v) is 9.30. The minimum Gasteiger partial charge on any atom is -0.349 e. The second kappa shape index (κ2) is 7.70. The first-order valence-electron chi connectivity index (χ1n) is 9.30. The number of carbonyl (C=O) groups is 1. The number of aromatic nitrogens is 2. The van der Waals surface area contributed by atoms with E-state index in [9.17, 15) is 4.79 Å². The number of hydrogen-bond donors (Lipinski definition) is 2. The third-order valence-electron chi connectivity index (χ3n) is 5.06. The van der Waals surface area contributed by atoms with Crippen LogP contribution in [0.5, 0.6) is 0 Å². The van der Waals surface area contributed by atoms with Gasteiger partial charge in [0.05, 0.1) is 17.4 Å². The normalized spacial score (nSPS) is 15.2. The molecule has 0 aliphatic carbocycles. The van der Waals surface area contributed by atoms with Crippen molar-refractivity contribution >= 4 is 16.9 Å². The van der Waals surface area contributed by atoms with Crippen LogP contribution in [0.1, 0.15) is 28.8 Å². The van der Waals surface area contributed by atoms with E-state index in [4.69, 9.17) is 0 Å². The molecule has 1 amide bonds. The Balaban J connectivity index is 1.36. The molecule has 0 spiro atoms. The molecule has 1 aliphatic heterocycles. The van der Waals surface area contributed by atoms with Crippen LogP contribution in [0, 0.1) is 0 Å². The van der Waals surface area contributed by atoms with Crippen molar-refractivity contribution in [3.05, 3.63) is 66.0 Å². The van der Waals surface area contributed by atoms with Crippen molar-refractivity contribution < 1.29 is 4.79 Å². The van der Waals surface area contributed by atoms with Crippen molar-refractivity contribution in [2.75, 3.05) is 13.1 Å². The van der Waals surface area contributed by atoms with Crippen LogP contribution in [0.3, 0.4) is 0 Å². The molecule has 1 aromatic heterocycles. The third-order valence-corrected chi connectivity index (χ3v) is 5.06. The largest absolute Gasteiger partial charge is 0.349 e. The van der Waals surface area contributed by atoms with Gasteiger partial charge in [-0.1, -0.05) is 24.3 Å². The van der Waals surface area contributed by atoms with Gasteiger partial charge in [0, 0.05) is 18.2 Å². The summed E-state index contributed by atoms with van der Waals surface area (Å²) >= 11 is 0. The standard InChI is InChI=1S/C21H24N4O/c26-21(24-18-9-12-22-13-10-18)17-7-5-16(6-8-17)11-14-25-15-23-19-3-1-2-4-20(19)25/h1-8,15,18,22H,9-14H2,(H,24,26). The molecule has 0 bridgehead atoms. The van der Waals surface area contributed by atoms with Crippen molar-refractivity contribution in [3.8, 4) is 0 Å². The van der Waals surface area contributed by atoms with E-state index in [1.165, 1.54) is 5.56 Å². The molecule has 2 N–H and O–H groups in total. The molecule has 4 rings (SSSR count). The van der Waals surface area contributed by atoms with E-state index in [0.29, 0.717) is 0 Å². The lowest BCUT2D eigenvalue weighted by atomic mass is 10.0. The van der Waals surface area contributed by atoms with E-state index in [2.05, 4.69) is 38.4 Å². The highest BCUT2D eigenvalue weighted by Crippen LogP contribution is 2.14. The lowest BCUT2D eigenvalue weighted by molar-refractivity contribution is 0.0929. The maximum absolute atomic E-state index is 12.4. The molecule has 0 saturated carbocycles. The monoisotopic (exact) mass is 348 g/mol. The van der Waals surface area contributed by atoms with Gasteiger partial charge >= 0.3 is 0 Å². The fraction of sp³-hybridized carbons (Fsp3) is 0.333. The fourth-order valence-corrected chi connectivity index (χ4v) is 3.50. The Kier molecular flexibility index (Phi) is 4.97. The lowest BCUT2D eigenvalue weighted by Gasteiger charge is -2.23. The average molecular weight is 348 g/mol. The Morgan fingerprint density at radius 1 is 1.12 bits per heavy atom. The second-order valence-electron chi connectivity index (χ2n) is 6.87. The summed E-state index contributed by atoms with van der Waals surface area (Å²) in [6.45, 7) is 2.83. The Morgan fingerprint density at radius 2 is 1.88 bits per heavy atom. The number of nitrogens with zero attached hydrogens (tertiary/aromatic N) is 2. The molecule has 0 radical (unpaired) electrons. The summed E-state index contributed by atoms with van der Waals surface area (Å²) in [5, 5.41) is 6.45. The Labute approximate surface area is 153 Å². The maximum atomic E-state index is 12.4. The molecule has 2 heterocycles. The van der Waals surface area contributed by atoms with Gasteiger partial charge in [0.25, 0.3) is 5.91 Å². The van der Waals surface area contributed by atoms with Crippen molar-refractivity contribution in [3.63, 3.8) is 0 Å². The van der Waals surface area contributed by atoms with Crippen LogP contribution in [-0.2, 0) is 13.0 Å². The molecule has 134 valence electrons. The highest BCUT2D eigenvalue weighted by molar-refractivity contribution is 5.94. The number of para-hydroxylation sites is 2. The van der Waals surface area contributed by atoms with E-state index in [-0.39, 0.29) is 11.9 Å². The van der Waals surface area contributed by atoms with Crippen LogP contribution >= 0.6 is 0 Å². The van der Waals surface area contributed by atoms with E-state index in [0.717, 1.165) is 55.5 Å². The summed E-state index contributed by atoms with van der Waals surface area (Å²) in [7, 11) is 0. The first kappa shape index (κ1) is 16.8. The van der Waals surface area contributed by atoms with Crippen molar-refractivity contribution in [2.45, 2.75) is 31.8 Å². The van der Waals surface area contributed by atoms with Crippen LogP contribution in [-0.4, -0.2) is 34.6 Å². The van der Waals surface area contributed by atoms with Gasteiger partial charge in [-0.05, 0) is 62.2 Å². The summed E-state index contributed by atoms with van der Waals surface area (Å²) in [6, 6.07) is 16.4. The van der Waals surface area contributed by atoms with Gasteiger partial charge in [-0.3, -0.25) is 4.79 Å². The zero-order valence-corrected chi connectivity index (χ0v) is 14.8. The number of carbonyl (C=O) groups excluding carboxylic acids is 1. The molecule has 5 heteroatoms.